The quantitative estimate of drug-likeness (QED) is 0.261. The van der Waals surface area contributed by atoms with Gasteiger partial charge in [0.05, 0.1) is 18.5 Å². The highest BCUT2D eigenvalue weighted by Crippen LogP contribution is 2.39. The Morgan fingerprint density at radius 2 is 1.44 bits per heavy atom. The van der Waals surface area contributed by atoms with E-state index in [1.54, 1.807) is 0 Å². The van der Waals surface area contributed by atoms with Crippen molar-refractivity contribution in [2.24, 2.45) is 4.99 Å². The van der Waals surface area contributed by atoms with Gasteiger partial charge in [-0.1, -0.05) is 97.1 Å². The Morgan fingerprint density at radius 1 is 0.806 bits per heavy atom. The summed E-state index contributed by atoms with van der Waals surface area (Å²) in [6.07, 6.45) is 1.54. The summed E-state index contributed by atoms with van der Waals surface area (Å²) in [5.41, 5.74) is 7.81. The van der Waals surface area contributed by atoms with Crippen LogP contribution in [0.5, 0.6) is 5.75 Å². The van der Waals surface area contributed by atoms with Gasteiger partial charge in [0.2, 0.25) is 0 Å². The smallest absolute Gasteiger partial charge is 0.139 e. The van der Waals surface area contributed by atoms with E-state index in [0.29, 0.717) is 13.1 Å². The molecular weight excluding hydrogens is 442 g/mol. The molecule has 0 saturated carbocycles. The van der Waals surface area contributed by atoms with E-state index in [-0.39, 0.29) is 5.75 Å². The molecule has 0 aliphatic heterocycles. The molecule has 178 valence electrons. The summed E-state index contributed by atoms with van der Waals surface area (Å²) in [4.78, 5) is 9.64. The normalized spacial score (nSPS) is 10.9. The minimum Gasteiger partial charge on any atom is -0.506 e. The van der Waals surface area contributed by atoms with E-state index < -0.39 is 0 Å². The van der Waals surface area contributed by atoms with E-state index in [9.17, 15) is 5.11 Å². The van der Waals surface area contributed by atoms with Crippen molar-refractivity contribution in [2.45, 2.75) is 20.0 Å². The molecule has 1 aromatic heterocycles. The van der Waals surface area contributed by atoms with Crippen LogP contribution in [0, 0.1) is 6.92 Å². The van der Waals surface area contributed by atoms with E-state index >= 15 is 0 Å². The highest BCUT2D eigenvalue weighted by Gasteiger charge is 2.19. The maximum Gasteiger partial charge on any atom is 0.139 e. The number of benzene rings is 4. The number of rotatable bonds is 7. The van der Waals surface area contributed by atoms with Crippen LogP contribution in [0.3, 0.4) is 0 Å². The molecule has 0 spiro atoms. The number of pyridine rings is 1. The van der Waals surface area contributed by atoms with Crippen LogP contribution in [0.15, 0.2) is 108 Å². The topological polar surface area (TPSA) is 57.5 Å². The number of hydrogen-bond acceptors (Lipinski definition) is 4. The Kier molecular flexibility index (Phi) is 6.87. The van der Waals surface area contributed by atoms with Gasteiger partial charge in [0.1, 0.15) is 5.75 Å². The molecule has 5 rings (SSSR count). The van der Waals surface area contributed by atoms with Crippen molar-refractivity contribution in [3.05, 3.63) is 131 Å². The van der Waals surface area contributed by atoms with E-state index in [2.05, 4.69) is 71.0 Å². The molecule has 4 nitrogen and oxygen atoms in total. The minimum absolute atomic E-state index is 0.156. The molecule has 0 bridgehead atoms. The van der Waals surface area contributed by atoms with Gasteiger partial charge in [-0.3, -0.25) is 9.98 Å². The summed E-state index contributed by atoms with van der Waals surface area (Å²) >= 11 is 0. The van der Waals surface area contributed by atoms with Gasteiger partial charge >= 0.3 is 0 Å². The first-order valence-electron chi connectivity index (χ1n) is 12.2. The average molecular weight is 472 g/mol. The van der Waals surface area contributed by atoms with Crippen molar-refractivity contribution in [3.8, 4) is 16.9 Å². The number of hydrogen-bond donors (Lipinski definition) is 2. The molecule has 0 radical (unpaired) electrons. The van der Waals surface area contributed by atoms with Crippen molar-refractivity contribution in [3.63, 3.8) is 0 Å². The lowest BCUT2D eigenvalue weighted by molar-refractivity contribution is 0.465. The number of aromatic hydroxyl groups is 1. The van der Waals surface area contributed by atoms with Gasteiger partial charge in [0, 0.05) is 34.5 Å². The molecule has 0 aliphatic carbocycles. The van der Waals surface area contributed by atoms with Crippen LogP contribution in [-0.2, 0) is 13.1 Å². The predicted molar refractivity (Wildman–Crippen MR) is 149 cm³/mol. The molecule has 0 aliphatic rings. The Labute approximate surface area is 212 Å². The fourth-order valence-electron chi connectivity index (χ4n) is 4.79. The van der Waals surface area contributed by atoms with Crippen LogP contribution < -0.4 is 5.32 Å². The van der Waals surface area contributed by atoms with Crippen molar-refractivity contribution >= 4 is 16.5 Å². The van der Waals surface area contributed by atoms with E-state index in [1.807, 2.05) is 50.4 Å². The van der Waals surface area contributed by atoms with E-state index in [0.717, 1.165) is 55.6 Å². The van der Waals surface area contributed by atoms with Gasteiger partial charge in [-0.25, -0.2) is 0 Å². The van der Waals surface area contributed by atoms with Crippen LogP contribution in [0.4, 0.5) is 0 Å². The third kappa shape index (κ3) is 4.64. The molecule has 0 unspecified atom stereocenters. The van der Waals surface area contributed by atoms with Gasteiger partial charge in [0.15, 0.2) is 0 Å². The van der Waals surface area contributed by atoms with Crippen molar-refractivity contribution in [1.82, 2.24) is 10.3 Å². The summed E-state index contributed by atoms with van der Waals surface area (Å²) < 4.78 is 0. The second kappa shape index (κ2) is 10.5. The van der Waals surface area contributed by atoms with Gasteiger partial charge in [-0.05, 0) is 35.9 Å². The lowest BCUT2D eigenvalue weighted by Crippen LogP contribution is -2.09. The molecular formula is C32H29N3O. The molecule has 0 amide bonds. The van der Waals surface area contributed by atoms with Crippen LogP contribution in [0.1, 0.15) is 27.9 Å². The number of nitrogens with zero attached hydrogens (tertiary/aromatic N) is 2. The molecule has 4 aromatic carbocycles. The van der Waals surface area contributed by atoms with Crippen LogP contribution in [0.2, 0.25) is 0 Å². The van der Waals surface area contributed by atoms with Crippen molar-refractivity contribution in [2.75, 3.05) is 7.05 Å². The summed E-state index contributed by atoms with van der Waals surface area (Å²) in [5.74, 6) is 0.156. The molecule has 1 heterocycles. The third-order valence-corrected chi connectivity index (χ3v) is 6.48. The summed E-state index contributed by atoms with van der Waals surface area (Å²) in [7, 11) is 1.95. The van der Waals surface area contributed by atoms with Gasteiger partial charge in [0.25, 0.3) is 0 Å². The Bertz CT molecular complexity index is 1480. The minimum atomic E-state index is 0.156. The Balaban J connectivity index is 1.72. The number of aromatic nitrogens is 1. The van der Waals surface area contributed by atoms with Gasteiger partial charge < -0.3 is 10.4 Å². The van der Waals surface area contributed by atoms with Gasteiger partial charge in [-0.15, -0.1) is 0 Å². The summed E-state index contributed by atoms with van der Waals surface area (Å²) in [6.45, 7) is 3.03. The zero-order chi connectivity index (χ0) is 24.9. The Hall–Kier alpha value is -4.28. The van der Waals surface area contributed by atoms with Crippen LogP contribution in [-0.4, -0.2) is 22.8 Å². The number of aliphatic imine (C=N–C) groups is 1. The molecule has 2 N–H and O–H groups in total. The second-order valence-electron chi connectivity index (χ2n) is 8.83. The van der Waals surface area contributed by atoms with Crippen LogP contribution >= 0.6 is 0 Å². The lowest BCUT2D eigenvalue weighted by Gasteiger charge is -2.19. The van der Waals surface area contributed by atoms with E-state index in [1.165, 1.54) is 6.20 Å². The highest BCUT2D eigenvalue weighted by molar-refractivity contribution is 6.13. The summed E-state index contributed by atoms with van der Waals surface area (Å²) in [5, 5.41) is 16.7. The lowest BCUT2D eigenvalue weighted by atomic mass is 9.89. The molecule has 36 heavy (non-hydrogen) atoms. The fraction of sp³-hybridized carbons (Fsp3) is 0.125. The number of nitrogens with one attached hydrogen (secondary N) is 1. The SMILES string of the molecule is CNCc1ccc2ccccc2c1-c1c(C)ncc(O)c1CN=C(c1ccccc1)c1ccccc1. The Morgan fingerprint density at radius 3 is 2.11 bits per heavy atom. The van der Waals surface area contributed by atoms with Crippen molar-refractivity contribution in [1.29, 1.82) is 0 Å². The third-order valence-electron chi connectivity index (χ3n) is 6.48. The highest BCUT2D eigenvalue weighted by atomic mass is 16.3. The summed E-state index contributed by atoms with van der Waals surface area (Å²) in [6, 6.07) is 33.0. The fourth-order valence-corrected chi connectivity index (χ4v) is 4.79. The van der Waals surface area contributed by atoms with Crippen molar-refractivity contribution < 1.29 is 5.11 Å². The molecule has 0 fully saturated rings. The van der Waals surface area contributed by atoms with Gasteiger partial charge in [-0.2, -0.15) is 0 Å². The number of aryl methyl sites for hydroxylation is 1. The zero-order valence-electron chi connectivity index (χ0n) is 20.6. The average Bonchev–Trinajstić information content (AvgIpc) is 2.92. The monoisotopic (exact) mass is 471 g/mol. The second-order valence-corrected chi connectivity index (χ2v) is 8.83. The molecule has 4 heteroatoms. The predicted octanol–water partition coefficient (Wildman–Crippen LogP) is 6.67. The molecule has 5 aromatic rings. The first kappa shape index (κ1) is 23.5. The first-order chi connectivity index (χ1) is 17.7. The zero-order valence-corrected chi connectivity index (χ0v) is 20.6. The molecule has 0 saturated heterocycles. The number of fused-ring (bicyclic) bond motifs is 1. The largest absolute Gasteiger partial charge is 0.506 e. The maximum absolute atomic E-state index is 11.1. The standard InChI is InChI=1S/C32H29N3O/c1-22-30(31-26(19-33-2)18-17-23-11-9-10-16-27(23)31)28(29(36)21-34-22)20-35-32(24-12-5-3-6-13-24)25-14-7-4-8-15-25/h3-18,21,33,36H,19-20H2,1-2H3. The van der Waals surface area contributed by atoms with E-state index in [4.69, 9.17) is 4.99 Å². The first-order valence-corrected chi connectivity index (χ1v) is 12.2. The maximum atomic E-state index is 11.1. The molecule has 0 atom stereocenters. The van der Waals surface area contributed by atoms with Crippen LogP contribution in [0.25, 0.3) is 21.9 Å².